The highest BCUT2D eigenvalue weighted by Crippen LogP contribution is 2.50. The van der Waals surface area contributed by atoms with E-state index >= 15 is 0 Å². The van der Waals surface area contributed by atoms with E-state index in [1.54, 1.807) is 0 Å². The maximum absolute atomic E-state index is 14.3. The Morgan fingerprint density at radius 2 is 0.291 bits per heavy atom. The second-order valence-corrected chi connectivity index (χ2v) is 33.0. The standard InChI is InChI=1S/C104H156O13/c1-11-21-31-36-43-50-62-111-96-71-81-82-72-97(112-63-51-44-37-32-22-12-2)99(114-65-53-46-39-34-24-14-4)74-84(82)86-76-101(100(115-66-54-47-40-35-25-15-5)75-85(86)83(81)73-98(96)113-64-52-45-38-33-23-13-3)116-67-55-48-41-42-49-56-104(105)117-103-79-91-89-77-95(109-60-29-19-9)93(107-58-27-17-7)69-87(89)80-68-92(106-57-26-16-6)94(108-59-28-18-8)70-88(80)90(91)78-102(103)110-61-30-20-10/h68-79H,11-67H2,1-10H3. The molecule has 0 aliphatic carbocycles. The topological polar surface area (TPSA) is 128 Å². The van der Waals surface area contributed by atoms with E-state index in [1.165, 1.54) is 128 Å². The van der Waals surface area contributed by atoms with E-state index in [1.807, 2.05) is 6.07 Å². The zero-order chi connectivity index (χ0) is 82.7. The normalized spacial score (nSPS) is 11.6. The fourth-order valence-electron chi connectivity index (χ4n) is 15.6. The Labute approximate surface area is 707 Å². The van der Waals surface area contributed by atoms with Crippen molar-refractivity contribution in [2.75, 3.05) is 72.7 Å². The van der Waals surface area contributed by atoms with Crippen molar-refractivity contribution >= 4 is 70.6 Å². The summed E-state index contributed by atoms with van der Waals surface area (Å²) in [7, 11) is 0. The average molecular weight is 1610 g/mol. The van der Waals surface area contributed by atoms with Crippen LogP contribution >= 0.6 is 0 Å². The lowest BCUT2D eigenvalue weighted by atomic mass is 9.93. The number of hydrogen-bond donors (Lipinski definition) is 0. The molecule has 0 radical (unpaired) electrons. The largest absolute Gasteiger partial charge is 0.490 e. The van der Waals surface area contributed by atoms with Gasteiger partial charge in [0.05, 0.1) is 72.7 Å². The number of carbonyl (C=O) groups excluding carboxylic acids is 1. The van der Waals surface area contributed by atoms with Gasteiger partial charge in [-0.2, -0.15) is 0 Å². The second-order valence-electron chi connectivity index (χ2n) is 33.0. The number of esters is 1. The van der Waals surface area contributed by atoms with Crippen LogP contribution in [0.5, 0.6) is 69.0 Å². The maximum Gasteiger partial charge on any atom is 0.311 e. The quantitative estimate of drug-likeness (QED) is 0.0155. The van der Waals surface area contributed by atoms with Gasteiger partial charge in [-0.1, -0.05) is 281 Å². The number of hydrogen-bond acceptors (Lipinski definition) is 13. The van der Waals surface area contributed by atoms with E-state index < -0.39 is 0 Å². The fraction of sp³-hybridized carbons (Fsp3) is 0.644. The minimum Gasteiger partial charge on any atom is -0.490 e. The molecule has 13 nitrogen and oxygen atoms in total. The van der Waals surface area contributed by atoms with Crippen molar-refractivity contribution in [2.24, 2.45) is 0 Å². The molecule has 0 saturated heterocycles. The Bertz CT molecular complexity index is 4000. The van der Waals surface area contributed by atoms with E-state index in [-0.39, 0.29) is 12.4 Å². The molecule has 0 aliphatic rings. The molecule has 0 aromatic heterocycles. The molecule has 0 atom stereocenters. The summed E-state index contributed by atoms with van der Waals surface area (Å²) in [5, 5.41) is 12.3. The van der Waals surface area contributed by atoms with Crippen LogP contribution in [0, 0.1) is 0 Å². The minimum atomic E-state index is -0.286. The minimum absolute atomic E-state index is 0.270. The zero-order valence-electron chi connectivity index (χ0n) is 75.0. The molecule has 650 valence electrons. The van der Waals surface area contributed by atoms with Gasteiger partial charge in [0.15, 0.2) is 69.0 Å². The third kappa shape index (κ3) is 31.6. The summed E-state index contributed by atoms with van der Waals surface area (Å²) in [6.45, 7) is 28.7. The highest BCUT2D eigenvalue weighted by Gasteiger charge is 2.25. The predicted octanol–water partition coefficient (Wildman–Crippen LogP) is 31.5. The third-order valence-electron chi connectivity index (χ3n) is 22.8. The van der Waals surface area contributed by atoms with Crippen LogP contribution in [0.25, 0.3) is 64.6 Å². The average Bonchev–Trinajstić information content (AvgIpc) is 0.732. The van der Waals surface area contributed by atoms with Crippen LogP contribution in [0.1, 0.15) is 365 Å². The molecule has 0 heterocycles. The molecule has 8 rings (SSSR count). The Kier molecular flexibility index (Phi) is 46.3. The van der Waals surface area contributed by atoms with E-state index in [4.69, 9.17) is 56.8 Å². The van der Waals surface area contributed by atoms with E-state index in [2.05, 4.69) is 136 Å². The van der Waals surface area contributed by atoms with Crippen LogP contribution in [-0.2, 0) is 4.79 Å². The molecule has 0 saturated carbocycles. The monoisotopic (exact) mass is 1610 g/mol. The molecule has 0 bridgehead atoms. The van der Waals surface area contributed by atoms with Gasteiger partial charge in [0.1, 0.15) is 0 Å². The Balaban J connectivity index is 1.10. The molecule has 8 aromatic carbocycles. The summed E-state index contributed by atoms with van der Waals surface area (Å²) >= 11 is 0. The van der Waals surface area contributed by atoms with Gasteiger partial charge in [-0.25, -0.2) is 0 Å². The molecular weight excluding hydrogens is 1460 g/mol. The first-order valence-corrected chi connectivity index (χ1v) is 47.9. The molecule has 117 heavy (non-hydrogen) atoms. The lowest BCUT2D eigenvalue weighted by Gasteiger charge is -2.21. The Hall–Kier alpha value is -7.41. The van der Waals surface area contributed by atoms with Gasteiger partial charge < -0.3 is 56.8 Å². The molecule has 0 spiro atoms. The summed E-state index contributed by atoms with van der Waals surface area (Å²) in [5.74, 6) is 8.16. The highest BCUT2D eigenvalue weighted by molar-refractivity contribution is 6.28. The number of fused-ring (bicyclic) bond motifs is 12. The van der Waals surface area contributed by atoms with Crippen molar-refractivity contribution < 1.29 is 61.6 Å². The van der Waals surface area contributed by atoms with Gasteiger partial charge in [0, 0.05) is 6.42 Å². The van der Waals surface area contributed by atoms with Crippen molar-refractivity contribution in [3.05, 3.63) is 72.8 Å². The first-order valence-electron chi connectivity index (χ1n) is 47.9. The van der Waals surface area contributed by atoms with E-state index in [9.17, 15) is 4.79 Å². The lowest BCUT2D eigenvalue weighted by Crippen LogP contribution is -2.09. The van der Waals surface area contributed by atoms with Crippen molar-refractivity contribution in [1.29, 1.82) is 0 Å². The predicted molar refractivity (Wildman–Crippen MR) is 493 cm³/mol. The van der Waals surface area contributed by atoms with Crippen LogP contribution in [0.2, 0.25) is 0 Å². The van der Waals surface area contributed by atoms with Crippen LogP contribution in [0.4, 0.5) is 0 Å². The SMILES string of the molecule is CCCCCCCCOc1cc2c3cc(OCCCCCCCC)c(OCCCCCCCC)cc3c3cc(OCCCCCCCC(=O)Oc4cc5c6cc(OCCCC)c(OCCCC)cc6c6cc(OCCCC)c(OCCCC)cc6c5cc4OCCCC)c(OCCCCCCCC)cc3c2cc1OCCCCCCCC. The maximum atomic E-state index is 14.3. The molecule has 0 unspecified atom stereocenters. The fourth-order valence-corrected chi connectivity index (χ4v) is 15.6. The second kappa shape index (κ2) is 56.9. The first-order chi connectivity index (χ1) is 57.7. The molecular formula is C104H156O13. The smallest absolute Gasteiger partial charge is 0.311 e. The van der Waals surface area contributed by atoms with Gasteiger partial charge in [-0.05, 0) is 214 Å². The summed E-state index contributed by atoms with van der Waals surface area (Å²) < 4.78 is 81.0. The molecule has 0 N–H and O–H groups in total. The van der Waals surface area contributed by atoms with E-state index in [0.29, 0.717) is 108 Å². The van der Waals surface area contributed by atoms with Crippen molar-refractivity contribution in [3.63, 3.8) is 0 Å². The van der Waals surface area contributed by atoms with Gasteiger partial charge in [0.2, 0.25) is 0 Å². The van der Waals surface area contributed by atoms with Gasteiger partial charge in [-0.3, -0.25) is 4.79 Å². The number of unbranched alkanes of at least 4 members (excludes halogenated alkanes) is 34. The van der Waals surface area contributed by atoms with Crippen molar-refractivity contribution in [3.8, 4) is 69.0 Å². The van der Waals surface area contributed by atoms with Gasteiger partial charge in [0.25, 0.3) is 0 Å². The number of benzene rings is 8. The van der Waals surface area contributed by atoms with Crippen LogP contribution < -0.4 is 56.8 Å². The number of ether oxygens (including phenoxy) is 12. The molecule has 13 heteroatoms. The number of carbonyl (C=O) groups is 1. The van der Waals surface area contributed by atoms with Crippen molar-refractivity contribution in [1.82, 2.24) is 0 Å². The summed E-state index contributed by atoms with van der Waals surface area (Å²) in [6, 6.07) is 26.2. The summed E-state index contributed by atoms with van der Waals surface area (Å²) in [6.07, 6.45) is 49.5. The highest BCUT2D eigenvalue weighted by atomic mass is 16.6. The molecule has 0 aliphatic heterocycles. The molecule has 0 amide bonds. The molecule has 8 aromatic rings. The Morgan fingerprint density at radius 3 is 0.462 bits per heavy atom. The summed E-state index contributed by atoms with van der Waals surface area (Å²) in [4.78, 5) is 14.3. The summed E-state index contributed by atoms with van der Waals surface area (Å²) in [5.41, 5.74) is 0. The third-order valence-corrected chi connectivity index (χ3v) is 22.8. The lowest BCUT2D eigenvalue weighted by molar-refractivity contribution is -0.134. The van der Waals surface area contributed by atoms with Crippen LogP contribution in [-0.4, -0.2) is 78.6 Å². The van der Waals surface area contributed by atoms with E-state index in [0.717, 1.165) is 259 Å². The zero-order valence-corrected chi connectivity index (χ0v) is 75.0. The number of rotatable bonds is 70. The van der Waals surface area contributed by atoms with Crippen molar-refractivity contribution in [2.45, 2.75) is 365 Å². The first kappa shape index (κ1) is 95.1. The van der Waals surface area contributed by atoms with Crippen LogP contribution in [0.3, 0.4) is 0 Å². The molecule has 0 fully saturated rings. The van der Waals surface area contributed by atoms with Gasteiger partial charge in [-0.15, -0.1) is 0 Å². The van der Waals surface area contributed by atoms with Crippen LogP contribution in [0.15, 0.2) is 72.8 Å². The Morgan fingerprint density at radius 1 is 0.162 bits per heavy atom. The van der Waals surface area contributed by atoms with Gasteiger partial charge >= 0.3 is 5.97 Å².